The number of aliphatic carboxylic acids is 1. The van der Waals surface area contributed by atoms with E-state index in [0.717, 1.165) is 56.7 Å². The van der Waals surface area contributed by atoms with E-state index in [1.54, 1.807) is 0 Å². The molecule has 2 saturated heterocycles. The third kappa shape index (κ3) is 7.42. The van der Waals surface area contributed by atoms with Gasteiger partial charge in [-0.2, -0.15) is 5.26 Å². The monoisotopic (exact) mass is 474 g/mol. The molecule has 0 bridgehead atoms. The van der Waals surface area contributed by atoms with Crippen LogP contribution < -0.4 is 5.73 Å². The molecule has 0 aliphatic carbocycles. The number of nitriles is 1. The largest absolute Gasteiger partial charge is 0.481 e. The van der Waals surface area contributed by atoms with Gasteiger partial charge in [-0.3, -0.25) is 9.69 Å². The van der Waals surface area contributed by atoms with Gasteiger partial charge >= 0.3 is 0 Å². The van der Waals surface area contributed by atoms with E-state index in [9.17, 15) is 0 Å². The van der Waals surface area contributed by atoms with Crippen LogP contribution in [0.4, 0.5) is 0 Å². The highest BCUT2D eigenvalue weighted by Crippen LogP contribution is 2.27. The lowest BCUT2D eigenvalue weighted by Crippen LogP contribution is -2.57. The van der Waals surface area contributed by atoms with Gasteiger partial charge in [-0.25, -0.2) is 0 Å². The first-order chi connectivity index (χ1) is 15.9. The van der Waals surface area contributed by atoms with Crippen LogP contribution in [0.15, 0.2) is 34.5 Å². The van der Waals surface area contributed by atoms with Crippen LogP contribution in [0.5, 0.6) is 0 Å². The van der Waals surface area contributed by atoms with Crippen molar-refractivity contribution >= 4 is 29.2 Å². The van der Waals surface area contributed by atoms with E-state index in [1.807, 2.05) is 12.1 Å². The van der Waals surface area contributed by atoms with E-state index in [1.165, 1.54) is 5.56 Å². The van der Waals surface area contributed by atoms with E-state index >= 15 is 0 Å². The van der Waals surface area contributed by atoms with Gasteiger partial charge in [0.15, 0.2) is 0 Å². The van der Waals surface area contributed by atoms with E-state index in [4.69, 9.17) is 37.2 Å². The molecule has 4 rings (SSSR count). The van der Waals surface area contributed by atoms with Crippen molar-refractivity contribution in [2.75, 3.05) is 26.2 Å². The summed E-state index contributed by atoms with van der Waals surface area (Å²) in [4.78, 5) is 13.9. The van der Waals surface area contributed by atoms with Crippen LogP contribution in [0.25, 0.3) is 0 Å². The average Bonchev–Trinajstić information content (AvgIpc) is 3.22. The molecule has 3 aliphatic rings. The number of halogens is 1. The van der Waals surface area contributed by atoms with Crippen molar-refractivity contribution in [2.45, 2.75) is 57.2 Å². The van der Waals surface area contributed by atoms with Crippen LogP contribution in [0, 0.1) is 11.3 Å². The summed E-state index contributed by atoms with van der Waals surface area (Å²) in [5.74, 6) is 0.751. The highest BCUT2D eigenvalue weighted by Gasteiger charge is 2.36. The SMILES string of the molecule is CC(=O)O.N#CC[C@H]1CN(C2CCN(C3=NN=C(N)C3)CC2)[C@@H](Cc2ccc(Cl)cc2)CO1. The Labute approximate surface area is 199 Å². The Bertz CT molecular complexity index is 902. The summed E-state index contributed by atoms with van der Waals surface area (Å²) in [6, 6.07) is 11.1. The summed E-state index contributed by atoms with van der Waals surface area (Å²) >= 11 is 6.04. The number of likely N-dealkylation sites (tertiary alicyclic amines) is 1. The molecule has 3 aliphatic heterocycles. The Morgan fingerprint density at radius 3 is 2.55 bits per heavy atom. The quantitative estimate of drug-likeness (QED) is 0.686. The zero-order valence-electron chi connectivity index (χ0n) is 18.9. The lowest BCUT2D eigenvalue weighted by molar-refractivity contribution is -0.134. The maximum Gasteiger partial charge on any atom is 0.300 e. The predicted octanol–water partition coefficient (Wildman–Crippen LogP) is 2.50. The number of nitrogens with two attached hydrogens (primary N) is 1. The summed E-state index contributed by atoms with van der Waals surface area (Å²) in [5, 5.41) is 25.5. The molecule has 3 heterocycles. The molecule has 1 aromatic rings. The van der Waals surface area contributed by atoms with Gasteiger partial charge < -0.3 is 20.5 Å². The molecule has 10 heteroatoms. The molecule has 0 radical (unpaired) electrons. The van der Waals surface area contributed by atoms with Gasteiger partial charge in [-0.15, -0.1) is 10.2 Å². The van der Waals surface area contributed by atoms with E-state index in [2.05, 4.69) is 38.2 Å². The normalized spacial score (nSPS) is 23.7. The molecule has 0 saturated carbocycles. The molecule has 1 aromatic carbocycles. The first kappa shape index (κ1) is 25.0. The van der Waals surface area contributed by atoms with Crippen molar-refractivity contribution in [3.8, 4) is 6.07 Å². The summed E-state index contributed by atoms with van der Waals surface area (Å²) in [6.07, 6.45) is 4.15. The summed E-state index contributed by atoms with van der Waals surface area (Å²) in [5.41, 5.74) is 7.03. The third-order valence-electron chi connectivity index (χ3n) is 6.04. The lowest BCUT2D eigenvalue weighted by Gasteiger charge is -2.46. The van der Waals surface area contributed by atoms with Gasteiger partial charge in [0.2, 0.25) is 0 Å². The van der Waals surface area contributed by atoms with Crippen LogP contribution in [-0.2, 0) is 16.0 Å². The Balaban J connectivity index is 0.000000709. The molecule has 9 nitrogen and oxygen atoms in total. The fraction of sp³-hybridized carbons (Fsp3) is 0.565. The number of rotatable bonds is 4. The van der Waals surface area contributed by atoms with Crippen molar-refractivity contribution in [1.82, 2.24) is 9.80 Å². The topological polar surface area (TPSA) is 128 Å². The van der Waals surface area contributed by atoms with Crippen molar-refractivity contribution in [1.29, 1.82) is 5.26 Å². The molecule has 0 amide bonds. The minimum absolute atomic E-state index is 0.00750. The summed E-state index contributed by atoms with van der Waals surface area (Å²) in [6.45, 7) is 4.47. The van der Waals surface area contributed by atoms with Gasteiger partial charge in [-0.05, 0) is 37.0 Å². The van der Waals surface area contributed by atoms with Crippen molar-refractivity contribution in [3.63, 3.8) is 0 Å². The Morgan fingerprint density at radius 1 is 1.30 bits per heavy atom. The van der Waals surface area contributed by atoms with Gasteiger partial charge in [-0.1, -0.05) is 23.7 Å². The number of hydrogen-bond acceptors (Lipinski definition) is 8. The van der Waals surface area contributed by atoms with Crippen molar-refractivity contribution in [3.05, 3.63) is 34.9 Å². The number of amidine groups is 2. The Kier molecular flexibility index (Phi) is 9.06. The fourth-order valence-electron chi connectivity index (χ4n) is 4.51. The number of carboxylic acid groups (broad SMARTS) is 1. The zero-order chi connectivity index (χ0) is 23.8. The van der Waals surface area contributed by atoms with Gasteiger partial charge in [0, 0.05) is 43.7 Å². The van der Waals surface area contributed by atoms with Crippen LogP contribution >= 0.6 is 11.6 Å². The maximum absolute atomic E-state index is 9.12. The molecule has 0 aromatic heterocycles. The van der Waals surface area contributed by atoms with Gasteiger partial charge in [0.1, 0.15) is 11.7 Å². The maximum atomic E-state index is 9.12. The zero-order valence-corrected chi connectivity index (χ0v) is 19.6. The molecule has 0 spiro atoms. The number of morpholine rings is 1. The van der Waals surface area contributed by atoms with E-state index in [-0.39, 0.29) is 6.10 Å². The first-order valence-corrected chi connectivity index (χ1v) is 11.6. The second-order valence-corrected chi connectivity index (χ2v) is 8.96. The molecule has 33 heavy (non-hydrogen) atoms. The van der Waals surface area contributed by atoms with Gasteiger partial charge in [0.25, 0.3) is 5.97 Å². The highest BCUT2D eigenvalue weighted by molar-refractivity contribution is 6.30. The smallest absolute Gasteiger partial charge is 0.300 e. The van der Waals surface area contributed by atoms with Crippen LogP contribution in [0.2, 0.25) is 5.02 Å². The molecule has 0 unspecified atom stereocenters. The molecule has 2 fully saturated rings. The second kappa shape index (κ2) is 12.0. The minimum Gasteiger partial charge on any atom is -0.481 e. The Hall–Kier alpha value is -2.67. The molecular weight excluding hydrogens is 444 g/mol. The van der Waals surface area contributed by atoms with E-state index in [0.29, 0.717) is 37.4 Å². The number of benzene rings is 1. The lowest BCUT2D eigenvalue weighted by atomic mass is 9.95. The molecule has 3 N–H and O–H groups in total. The summed E-state index contributed by atoms with van der Waals surface area (Å²) in [7, 11) is 0. The number of hydrogen-bond donors (Lipinski definition) is 2. The predicted molar refractivity (Wildman–Crippen MR) is 127 cm³/mol. The first-order valence-electron chi connectivity index (χ1n) is 11.2. The minimum atomic E-state index is -0.833. The Morgan fingerprint density at radius 2 is 1.97 bits per heavy atom. The third-order valence-corrected chi connectivity index (χ3v) is 6.29. The summed E-state index contributed by atoms with van der Waals surface area (Å²) < 4.78 is 6.01. The standard InChI is InChI=1S/C21H27ClN6O.C2H4O2/c22-16-3-1-15(2-4-16)11-18-14-29-19(5-8-23)13-28(18)17-6-9-27(10-7-17)21-12-20(24)25-26-21;1-2(3)4/h1-4,17-19H,5-7,9-14H2,(H2,24,25);1H3,(H,3,4)/t18-,19-;/m0./s1. The van der Waals surface area contributed by atoms with Crippen LogP contribution in [-0.4, -0.2) is 77.0 Å². The number of ether oxygens (including phenoxy) is 1. The number of carboxylic acids is 1. The van der Waals surface area contributed by atoms with E-state index < -0.39 is 5.97 Å². The van der Waals surface area contributed by atoms with Crippen LogP contribution in [0.1, 0.15) is 38.2 Å². The highest BCUT2D eigenvalue weighted by atomic mass is 35.5. The molecular formula is C23H31ClN6O3. The van der Waals surface area contributed by atoms with Crippen molar-refractivity contribution in [2.24, 2.45) is 15.9 Å². The molecule has 178 valence electrons. The number of nitrogens with zero attached hydrogens (tertiary/aromatic N) is 5. The fourth-order valence-corrected chi connectivity index (χ4v) is 4.63. The van der Waals surface area contributed by atoms with Crippen LogP contribution in [0.3, 0.4) is 0 Å². The van der Waals surface area contributed by atoms with Gasteiger partial charge in [0.05, 0.1) is 31.6 Å². The average molecular weight is 475 g/mol. The van der Waals surface area contributed by atoms with Crippen molar-refractivity contribution < 1.29 is 14.6 Å². The number of piperidine rings is 1. The molecule has 2 atom stereocenters. The number of carbonyl (C=O) groups is 1. The second-order valence-electron chi connectivity index (χ2n) is 8.52.